The Morgan fingerprint density at radius 3 is 2.47 bits per heavy atom. The maximum atomic E-state index is 5.64. The Labute approximate surface area is 115 Å². The zero-order valence-corrected chi connectivity index (χ0v) is 11.6. The molecule has 2 aromatic rings. The molecule has 1 nitrogen and oxygen atoms in total. The van der Waals surface area contributed by atoms with Crippen LogP contribution in [0.25, 0.3) is 11.1 Å². The number of benzene rings is 2. The lowest BCUT2D eigenvalue weighted by Crippen LogP contribution is -1.93. The van der Waals surface area contributed by atoms with Crippen molar-refractivity contribution in [1.82, 2.24) is 0 Å². The molecule has 0 bridgehead atoms. The Hall–Kier alpha value is -1.76. The van der Waals surface area contributed by atoms with Crippen LogP contribution in [0, 0.1) is 5.92 Å². The summed E-state index contributed by atoms with van der Waals surface area (Å²) in [5.41, 5.74) is 5.26. The van der Waals surface area contributed by atoms with Gasteiger partial charge in [-0.15, -0.1) is 0 Å². The molecule has 19 heavy (non-hydrogen) atoms. The first-order valence-corrected chi connectivity index (χ1v) is 7.07. The molecule has 0 saturated heterocycles. The second-order valence-corrected chi connectivity index (χ2v) is 5.72. The van der Waals surface area contributed by atoms with Crippen LogP contribution in [-0.2, 0) is 12.8 Å². The van der Waals surface area contributed by atoms with Crippen molar-refractivity contribution in [3.05, 3.63) is 53.6 Å². The molecule has 3 rings (SSSR count). The lowest BCUT2D eigenvalue weighted by atomic mass is 9.98. The van der Waals surface area contributed by atoms with E-state index in [1.165, 1.54) is 22.3 Å². The minimum Gasteiger partial charge on any atom is -0.493 e. The number of fused-ring (bicyclic) bond motifs is 1. The molecule has 1 aliphatic rings. The van der Waals surface area contributed by atoms with Crippen LogP contribution in [0.4, 0.5) is 0 Å². The molecule has 0 aliphatic carbocycles. The molecule has 0 saturated carbocycles. The molecule has 1 heteroatoms. The van der Waals surface area contributed by atoms with E-state index in [1.807, 2.05) is 0 Å². The highest BCUT2D eigenvalue weighted by molar-refractivity contribution is 5.66. The average Bonchev–Trinajstić information content (AvgIpc) is 2.86. The van der Waals surface area contributed by atoms with Gasteiger partial charge in [0, 0.05) is 6.42 Å². The number of rotatable bonds is 3. The van der Waals surface area contributed by atoms with Gasteiger partial charge in [-0.05, 0) is 40.7 Å². The van der Waals surface area contributed by atoms with Crippen molar-refractivity contribution < 1.29 is 4.74 Å². The van der Waals surface area contributed by atoms with Crippen molar-refractivity contribution in [2.24, 2.45) is 5.92 Å². The van der Waals surface area contributed by atoms with Crippen molar-refractivity contribution in [3.63, 3.8) is 0 Å². The summed E-state index contributed by atoms with van der Waals surface area (Å²) in [5, 5.41) is 0. The predicted octanol–water partition coefficient (Wildman–Crippen LogP) is 4.49. The van der Waals surface area contributed by atoms with Crippen molar-refractivity contribution in [2.45, 2.75) is 26.7 Å². The molecule has 0 atom stereocenters. The van der Waals surface area contributed by atoms with Crippen LogP contribution in [0.1, 0.15) is 25.0 Å². The second-order valence-electron chi connectivity index (χ2n) is 5.72. The highest BCUT2D eigenvalue weighted by Gasteiger charge is 2.12. The molecule has 0 amide bonds. The average molecular weight is 252 g/mol. The molecule has 0 aromatic heterocycles. The molecule has 98 valence electrons. The molecule has 0 fully saturated rings. The number of hydrogen-bond donors (Lipinski definition) is 0. The highest BCUT2D eigenvalue weighted by atomic mass is 16.5. The molecule has 0 unspecified atom stereocenters. The van der Waals surface area contributed by atoms with Crippen molar-refractivity contribution in [1.29, 1.82) is 0 Å². The van der Waals surface area contributed by atoms with E-state index in [-0.39, 0.29) is 0 Å². The standard InChI is InChI=1S/C18H20O/c1-13(2)11-14-3-5-15(6-4-14)17-8-7-16-9-10-19-18(16)12-17/h3-8,12-13H,9-11H2,1-2H3. The smallest absolute Gasteiger partial charge is 0.123 e. The highest BCUT2D eigenvalue weighted by Crippen LogP contribution is 2.31. The van der Waals surface area contributed by atoms with E-state index in [4.69, 9.17) is 4.74 Å². The topological polar surface area (TPSA) is 9.23 Å². The molecular formula is C18H20O. The van der Waals surface area contributed by atoms with E-state index in [1.54, 1.807) is 0 Å². The van der Waals surface area contributed by atoms with Crippen LogP contribution in [0.15, 0.2) is 42.5 Å². The second kappa shape index (κ2) is 5.08. The summed E-state index contributed by atoms with van der Waals surface area (Å²) in [6.07, 6.45) is 2.19. The van der Waals surface area contributed by atoms with Gasteiger partial charge in [-0.1, -0.05) is 50.2 Å². The first kappa shape index (κ1) is 12.3. The van der Waals surface area contributed by atoms with Gasteiger partial charge in [0.2, 0.25) is 0 Å². The summed E-state index contributed by atoms with van der Waals surface area (Å²) >= 11 is 0. The van der Waals surface area contributed by atoms with Crippen LogP contribution in [0.2, 0.25) is 0 Å². The van der Waals surface area contributed by atoms with Gasteiger partial charge in [-0.2, -0.15) is 0 Å². The summed E-state index contributed by atoms with van der Waals surface area (Å²) in [4.78, 5) is 0. The van der Waals surface area contributed by atoms with Gasteiger partial charge in [-0.25, -0.2) is 0 Å². The minimum absolute atomic E-state index is 0.708. The summed E-state index contributed by atoms with van der Waals surface area (Å²) in [6.45, 7) is 5.34. The quantitative estimate of drug-likeness (QED) is 0.782. The van der Waals surface area contributed by atoms with Crippen molar-refractivity contribution in [3.8, 4) is 16.9 Å². The van der Waals surface area contributed by atoms with E-state index >= 15 is 0 Å². The monoisotopic (exact) mass is 252 g/mol. The van der Waals surface area contributed by atoms with Gasteiger partial charge < -0.3 is 4.74 Å². The van der Waals surface area contributed by atoms with Gasteiger partial charge >= 0.3 is 0 Å². The third-order valence-corrected chi connectivity index (χ3v) is 3.63. The molecule has 1 heterocycles. The van der Waals surface area contributed by atoms with Gasteiger partial charge in [0.15, 0.2) is 0 Å². The molecular weight excluding hydrogens is 232 g/mol. The minimum atomic E-state index is 0.708. The fraction of sp³-hybridized carbons (Fsp3) is 0.333. The van der Waals surface area contributed by atoms with E-state index in [0.717, 1.165) is 25.2 Å². The fourth-order valence-electron chi connectivity index (χ4n) is 2.65. The summed E-state index contributed by atoms with van der Waals surface area (Å²) in [5.74, 6) is 1.77. The SMILES string of the molecule is CC(C)Cc1ccc(-c2ccc3c(c2)OCC3)cc1. The Morgan fingerprint density at radius 2 is 1.74 bits per heavy atom. The van der Waals surface area contributed by atoms with Gasteiger partial charge in [0.05, 0.1) is 6.61 Å². The van der Waals surface area contributed by atoms with Crippen LogP contribution in [0.5, 0.6) is 5.75 Å². The zero-order valence-electron chi connectivity index (χ0n) is 11.6. The Morgan fingerprint density at radius 1 is 1.00 bits per heavy atom. The van der Waals surface area contributed by atoms with Crippen LogP contribution < -0.4 is 4.74 Å². The van der Waals surface area contributed by atoms with Crippen molar-refractivity contribution in [2.75, 3.05) is 6.61 Å². The van der Waals surface area contributed by atoms with Crippen LogP contribution in [-0.4, -0.2) is 6.61 Å². The predicted molar refractivity (Wildman–Crippen MR) is 79.6 cm³/mol. The number of ether oxygens (including phenoxy) is 1. The normalized spacial score (nSPS) is 13.4. The Bertz CT molecular complexity index is 567. The lowest BCUT2D eigenvalue weighted by molar-refractivity contribution is 0.357. The summed E-state index contributed by atoms with van der Waals surface area (Å²) in [6, 6.07) is 15.5. The maximum Gasteiger partial charge on any atom is 0.123 e. The summed E-state index contributed by atoms with van der Waals surface area (Å²) in [7, 11) is 0. The van der Waals surface area contributed by atoms with E-state index in [2.05, 4.69) is 56.3 Å². The number of hydrogen-bond acceptors (Lipinski definition) is 1. The van der Waals surface area contributed by atoms with Gasteiger partial charge in [0.25, 0.3) is 0 Å². The lowest BCUT2D eigenvalue weighted by Gasteiger charge is -2.08. The van der Waals surface area contributed by atoms with Gasteiger partial charge in [-0.3, -0.25) is 0 Å². The van der Waals surface area contributed by atoms with Crippen LogP contribution in [0.3, 0.4) is 0 Å². The fourth-order valence-corrected chi connectivity index (χ4v) is 2.65. The summed E-state index contributed by atoms with van der Waals surface area (Å²) < 4.78 is 5.64. The van der Waals surface area contributed by atoms with E-state index in [0.29, 0.717) is 5.92 Å². The first-order chi connectivity index (χ1) is 9.22. The maximum absolute atomic E-state index is 5.64. The third kappa shape index (κ3) is 2.65. The zero-order chi connectivity index (χ0) is 13.2. The molecule has 2 aromatic carbocycles. The largest absolute Gasteiger partial charge is 0.493 e. The van der Waals surface area contributed by atoms with E-state index < -0.39 is 0 Å². The van der Waals surface area contributed by atoms with Crippen molar-refractivity contribution >= 4 is 0 Å². The molecule has 0 radical (unpaired) electrons. The van der Waals surface area contributed by atoms with Gasteiger partial charge in [0.1, 0.15) is 5.75 Å². The first-order valence-electron chi connectivity index (χ1n) is 7.07. The molecule has 1 aliphatic heterocycles. The molecule has 0 N–H and O–H groups in total. The van der Waals surface area contributed by atoms with E-state index in [9.17, 15) is 0 Å². The Balaban J connectivity index is 1.86. The Kier molecular flexibility index (Phi) is 3.29. The van der Waals surface area contributed by atoms with Crippen LogP contribution >= 0.6 is 0 Å². The third-order valence-electron chi connectivity index (χ3n) is 3.63. The molecule has 0 spiro atoms.